The van der Waals surface area contributed by atoms with Crippen LogP contribution in [0.15, 0.2) is 69.9 Å². The van der Waals surface area contributed by atoms with Gasteiger partial charge >= 0.3 is 0 Å². The van der Waals surface area contributed by atoms with Gasteiger partial charge < -0.3 is 14.5 Å². The highest BCUT2D eigenvalue weighted by molar-refractivity contribution is 5.93. The maximum Gasteiger partial charge on any atom is 0.287 e. The SMILES string of the molecule is Cl.O=C(NCC(c1ccccc1)N1CCOCC1)c1cc(=O)c2ccccc2o1. The van der Waals surface area contributed by atoms with Crippen molar-refractivity contribution in [3.05, 3.63) is 82.2 Å². The third-order valence-electron chi connectivity index (χ3n) is 4.99. The van der Waals surface area contributed by atoms with E-state index in [9.17, 15) is 9.59 Å². The standard InChI is InChI=1S/C22H22N2O4.ClH/c25-19-14-21(28-20-9-5-4-8-17(19)20)22(26)23-15-18(16-6-2-1-3-7-16)24-10-12-27-13-11-24;/h1-9,14,18H,10-13,15H2,(H,23,26);1H. The lowest BCUT2D eigenvalue weighted by Gasteiger charge is -2.34. The van der Waals surface area contributed by atoms with Crippen molar-refractivity contribution in [3.8, 4) is 0 Å². The molecule has 6 nitrogen and oxygen atoms in total. The Labute approximate surface area is 174 Å². The zero-order valence-electron chi connectivity index (χ0n) is 15.9. The number of nitrogens with one attached hydrogen (secondary N) is 1. The smallest absolute Gasteiger partial charge is 0.287 e. The van der Waals surface area contributed by atoms with Gasteiger partial charge in [-0.1, -0.05) is 42.5 Å². The summed E-state index contributed by atoms with van der Waals surface area (Å²) in [6.07, 6.45) is 0. The Morgan fingerprint density at radius 3 is 2.48 bits per heavy atom. The monoisotopic (exact) mass is 414 g/mol. The number of halogens is 1. The van der Waals surface area contributed by atoms with Crippen molar-refractivity contribution in [3.63, 3.8) is 0 Å². The summed E-state index contributed by atoms with van der Waals surface area (Å²) in [6.45, 7) is 3.38. The molecule has 152 valence electrons. The van der Waals surface area contributed by atoms with Gasteiger partial charge in [-0.2, -0.15) is 0 Å². The third kappa shape index (κ3) is 4.85. The second-order valence-electron chi connectivity index (χ2n) is 6.76. The molecule has 7 heteroatoms. The largest absolute Gasteiger partial charge is 0.451 e. The molecule has 1 N–H and O–H groups in total. The second kappa shape index (κ2) is 9.69. The lowest BCUT2D eigenvalue weighted by atomic mass is 10.0. The molecule has 4 rings (SSSR count). The number of amides is 1. The van der Waals surface area contributed by atoms with Crippen LogP contribution in [0.1, 0.15) is 22.2 Å². The van der Waals surface area contributed by atoms with Gasteiger partial charge in [0.2, 0.25) is 0 Å². The van der Waals surface area contributed by atoms with E-state index < -0.39 is 5.91 Å². The van der Waals surface area contributed by atoms with Gasteiger partial charge in [0.05, 0.1) is 24.6 Å². The molecule has 1 aliphatic rings. The first-order chi connectivity index (χ1) is 13.7. The molecule has 0 spiro atoms. The van der Waals surface area contributed by atoms with Gasteiger partial charge in [0.15, 0.2) is 11.2 Å². The highest BCUT2D eigenvalue weighted by Crippen LogP contribution is 2.21. The molecule has 1 atom stereocenters. The minimum absolute atomic E-state index is 0. The van der Waals surface area contributed by atoms with Crippen LogP contribution in [0.5, 0.6) is 0 Å². The molecule has 3 aromatic rings. The normalized spacial score (nSPS) is 15.4. The van der Waals surface area contributed by atoms with E-state index >= 15 is 0 Å². The van der Waals surface area contributed by atoms with E-state index in [-0.39, 0.29) is 29.6 Å². The van der Waals surface area contributed by atoms with Crippen LogP contribution in [0, 0.1) is 0 Å². The van der Waals surface area contributed by atoms with Gasteiger partial charge in [0.25, 0.3) is 5.91 Å². The quantitative estimate of drug-likeness (QED) is 0.694. The summed E-state index contributed by atoms with van der Waals surface area (Å²) in [7, 11) is 0. The Morgan fingerprint density at radius 1 is 1.03 bits per heavy atom. The van der Waals surface area contributed by atoms with Gasteiger partial charge in [-0.3, -0.25) is 14.5 Å². The summed E-state index contributed by atoms with van der Waals surface area (Å²) in [5, 5.41) is 3.40. The number of ether oxygens (including phenoxy) is 1. The van der Waals surface area contributed by atoms with Crippen molar-refractivity contribution in [2.45, 2.75) is 6.04 Å². The molecule has 1 aliphatic heterocycles. The van der Waals surface area contributed by atoms with Crippen LogP contribution < -0.4 is 10.7 Å². The topological polar surface area (TPSA) is 71.8 Å². The molecule has 0 radical (unpaired) electrons. The average molecular weight is 415 g/mol. The number of carbonyl (C=O) groups is 1. The summed E-state index contributed by atoms with van der Waals surface area (Å²) in [6, 6.07) is 18.3. The number of benzene rings is 2. The fourth-order valence-corrected chi connectivity index (χ4v) is 3.51. The molecule has 2 aromatic carbocycles. The number of nitrogens with zero attached hydrogens (tertiary/aromatic N) is 1. The number of rotatable bonds is 5. The van der Waals surface area contributed by atoms with E-state index in [1.54, 1.807) is 24.3 Å². The Bertz CT molecular complexity index is 1020. The molecule has 0 bridgehead atoms. The molecule has 2 heterocycles. The Hall–Kier alpha value is -2.67. The number of hydrogen-bond acceptors (Lipinski definition) is 5. The van der Waals surface area contributed by atoms with E-state index in [0.29, 0.717) is 30.7 Å². The first-order valence-electron chi connectivity index (χ1n) is 9.40. The Kier molecular flexibility index (Phi) is 7.04. The molecule has 1 aromatic heterocycles. The summed E-state index contributed by atoms with van der Waals surface area (Å²) >= 11 is 0. The third-order valence-corrected chi connectivity index (χ3v) is 4.99. The molecule has 1 fully saturated rings. The van der Waals surface area contributed by atoms with E-state index in [0.717, 1.165) is 18.7 Å². The molecule has 0 aliphatic carbocycles. The molecule has 1 amide bonds. The first kappa shape index (κ1) is 21.0. The maximum absolute atomic E-state index is 12.7. The van der Waals surface area contributed by atoms with Crippen molar-refractivity contribution >= 4 is 29.3 Å². The number of hydrogen-bond donors (Lipinski definition) is 1. The first-order valence-corrected chi connectivity index (χ1v) is 9.40. The van der Waals surface area contributed by atoms with Gasteiger partial charge in [-0.05, 0) is 17.7 Å². The molecule has 0 saturated carbocycles. The van der Waals surface area contributed by atoms with E-state index in [1.807, 2.05) is 18.2 Å². The Balaban J connectivity index is 0.00000240. The van der Waals surface area contributed by atoms with Gasteiger partial charge in [-0.25, -0.2) is 0 Å². The zero-order valence-corrected chi connectivity index (χ0v) is 16.7. The van der Waals surface area contributed by atoms with Crippen molar-refractivity contribution in [1.29, 1.82) is 0 Å². The van der Waals surface area contributed by atoms with Gasteiger partial charge in [0, 0.05) is 25.7 Å². The van der Waals surface area contributed by atoms with Crippen molar-refractivity contribution in [1.82, 2.24) is 10.2 Å². The number of carbonyl (C=O) groups excluding carboxylic acids is 1. The minimum Gasteiger partial charge on any atom is -0.451 e. The Morgan fingerprint density at radius 2 is 1.72 bits per heavy atom. The summed E-state index contributed by atoms with van der Waals surface area (Å²) in [4.78, 5) is 27.2. The molecule has 1 unspecified atom stereocenters. The van der Waals surface area contributed by atoms with Gasteiger partial charge in [0.1, 0.15) is 5.58 Å². The lowest BCUT2D eigenvalue weighted by molar-refractivity contribution is 0.0161. The molecular weight excluding hydrogens is 392 g/mol. The highest BCUT2D eigenvalue weighted by atomic mass is 35.5. The zero-order chi connectivity index (χ0) is 19.3. The molecular formula is C22H23ClN2O4. The lowest BCUT2D eigenvalue weighted by Crippen LogP contribution is -2.43. The van der Waals surface area contributed by atoms with Crippen LogP contribution in [-0.2, 0) is 4.74 Å². The molecule has 1 saturated heterocycles. The summed E-state index contributed by atoms with van der Waals surface area (Å²) in [5.74, 6) is -0.366. The van der Waals surface area contributed by atoms with Gasteiger partial charge in [-0.15, -0.1) is 12.4 Å². The minimum atomic E-state index is -0.392. The number of para-hydroxylation sites is 1. The average Bonchev–Trinajstić information content (AvgIpc) is 2.75. The fourth-order valence-electron chi connectivity index (χ4n) is 3.51. The van der Waals surface area contributed by atoms with Crippen molar-refractivity contribution in [2.24, 2.45) is 0 Å². The fraction of sp³-hybridized carbons (Fsp3) is 0.273. The highest BCUT2D eigenvalue weighted by Gasteiger charge is 2.23. The van der Waals surface area contributed by atoms with Crippen LogP contribution in [0.4, 0.5) is 0 Å². The van der Waals surface area contributed by atoms with E-state index in [2.05, 4.69) is 22.3 Å². The van der Waals surface area contributed by atoms with E-state index in [1.165, 1.54) is 6.07 Å². The van der Waals surface area contributed by atoms with Crippen molar-refractivity contribution in [2.75, 3.05) is 32.8 Å². The van der Waals surface area contributed by atoms with Crippen LogP contribution in [-0.4, -0.2) is 43.7 Å². The second-order valence-corrected chi connectivity index (χ2v) is 6.76. The molecule has 29 heavy (non-hydrogen) atoms. The predicted octanol–water partition coefficient (Wildman–Crippen LogP) is 3.02. The van der Waals surface area contributed by atoms with E-state index in [4.69, 9.17) is 9.15 Å². The maximum atomic E-state index is 12.7. The predicted molar refractivity (Wildman–Crippen MR) is 114 cm³/mol. The summed E-state index contributed by atoms with van der Waals surface area (Å²) < 4.78 is 11.1. The van der Waals surface area contributed by atoms with Crippen molar-refractivity contribution < 1.29 is 13.9 Å². The van der Waals surface area contributed by atoms with Crippen LogP contribution in [0.3, 0.4) is 0 Å². The summed E-state index contributed by atoms with van der Waals surface area (Å²) in [5.41, 5.74) is 1.32. The number of morpholine rings is 1. The number of fused-ring (bicyclic) bond motifs is 1. The van der Waals surface area contributed by atoms with Crippen LogP contribution in [0.25, 0.3) is 11.0 Å². The van der Waals surface area contributed by atoms with Crippen LogP contribution >= 0.6 is 12.4 Å². The van der Waals surface area contributed by atoms with Crippen LogP contribution in [0.2, 0.25) is 0 Å².